The highest BCUT2D eigenvalue weighted by Crippen LogP contribution is 2.19. The molecule has 0 aliphatic carbocycles. The Morgan fingerprint density at radius 2 is 2.12 bits per heavy atom. The van der Waals surface area contributed by atoms with Gasteiger partial charge in [0, 0.05) is 13.1 Å². The van der Waals surface area contributed by atoms with Crippen LogP contribution in [-0.2, 0) is 19.5 Å². The minimum Gasteiger partial charge on any atom is -0.312 e. The molecule has 2 nitrogen and oxygen atoms in total. The normalized spacial score (nSPS) is 15.7. The van der Waals surface area contributed by atoms with Crippen LogP contribution in [0.25, 0.3) is 0 Å². The maximum absolute atomic E-state index is 12.0. The Morgan fingerprint density at radius 3 is 2.88 bits per heavy atom. The van der Waals surface area contributed by atoms with Gasteiger partial charge in [-0.15, -0.1) is 0 Å². The predicted molar refractivity (Wildman–Crippen MR) is 59.6 cm³/mol. The van der Waals surface area contributed by atoms with Gasteiger partial charge in [0.25, 0.3) is 0 Å². The van der Waals surface area contributed by atoms with Gasteiger partial charge in [-0.25, -0.2) is 0 Å². The number of hydrogen-bond donors (Lipinski definition) is 2. The lowest BCUT2D eigenvalue weighted by atomic mass is 9.95. The van der Waals surface area contributed by atoms with Crippen molar-refractivity contribution < 1.29 is 13.2 Å². The van der Waals surface area contributed by atoms with Gasteiger partial charge in [0.05, 0.1) is 6.54 Å². The minimum atomic E-state index is -4.14. The first-order valence-electron chi connectivity index (χ1n) is 5.64. The van der Waals surface area contributed by atoms with Gasteiger partial charge in [0.15, 0.2) is 0 Å². The van der Waals surface area contributed by atoms with Gasteiger partial charge in [0.2, 0.25) is 0 Å². The standard InChI is InChI=1S/C12H15F3N2/c13-12(14,15)8-17-7-10-3-1-2-9-6-16-5-4-11(9)10/h1-3,16-17H,4-8H2. The van der Waals surface area contributed by atoms with Crippen molar-refractivity contribution in [3.8, 4) is 0 Å². The first-order valence-corrected chi connectivity index (χ1v) is 5.64. The number of benzene rings is 1. The van der Waals surface area contributed by atoms with E-state index in [0.717, 1.165) is 25.1 Å². The van der Waals surface area contributed by atoms with Crippen LogP contribution in [0, 0.1) is 0 Å². The maximum Gasteiger partial charge on any atom is 0.401 e. The van der Waals surface area contributed by atoms with Crippen LogP contribution in [-0.4, -0.2) is 19.3 Å². The molecule has 0 aromatic heterocycles. The zero-order valence-electron chi connectivity index (χ0n) is 9.40. The molecular weight excluding hydrogens is 229 g/mol. The molecule has 0 fully saturated rings. The lowest BCUT2D eigenvalue weighted by molar-refractivity contribution is -0.125. The second-order valence-corrected chi connectivity index (χ2v) is 4.20. The fourth-order valence-corrected chi connectivity index (χ4v) is 2.12. The van der Waals surface area contributed by atoms with Crippen LogP contribution in [0.4, 0.5) is 13.2 Å². The van der Waals surface area contributed by atoms with Crippen molar-refractivity contribution in [2.75, 3.05) is 13.1 Å². The lowest BCUT2D eigenvalue weighted by Crippen LogP contribution is -2.30. The third kappa shape index (κ3) is 3.44. The average molecular weight is 244 g/mol. The predicted octanol–water partition coefficient (Wildman–Crippen LogP) is 1.98. The summed E-state index contributed by atoms with van der Waals surface area (Å²) in [5, 5.41) is 5.69. The Labute approximate surface area is 98.2 Å². The number of alkyl halides is 3. The summed E-state index contributed by atoms with van der Waals surface area (Å²) in [6, 6.07) is 5.82. The van der Waals surface area contributed by atoms with Crippen molar-refractivity contribution in [2.24, 2.45) is 0 Å². The second kappa shape index (κ2) is 5.06. The second-order valence-electron chi connectivity index (χ2n) is 4.20. The van der Waals surface area contributed by atoms with Crippen LogP contribution in [0.5, 0.6) is 0 Å². The molecular formula is C12H15F3N2. The Hall–Kier alpha value is -1.07. The van der Waals surface area contributed by atoms with Gasteiger partial charge in [-0.05, 0) is 29.7 Å². The number of halogens is 3. The fraction of sp³-hybridized carbons (Fsp3) is 0.500. The molecule has 0 amide bonds. The molecule has 2 rings (SSSR count). The molecule has 1 aromatic rings. The SMILES string of the molecule is FC(F)(F)CNCc1cccc2c1CCNC2. The van der Waals surface area contributed by atoms with E-state index >= 15 is 0 Å². The smallest absolute Gasteiger partial charge is 0.312 e. The van der Waals surface area contributed by atoms with Crippen molar-refractivity contribution in [1.29, 1.82) is 0 Å². The third-order valence-electron chi connectivity index (χ3n) is 2.88. The monoisotopic (exact) mass is 244 g/mol. The number of nitrogens with one attached hydrogen (secondary N) is 2. The quantitative estimate of drug-likeness (QED) is 0.849. The van der Waals surface area contributed by atoms with Gasteiger partial charge < -0.3 is 10.6 Å². The van der Waals surface area contributed by atoms with Gasteiger partial charge in [0.1, 0.15) is 0 Å². The van der Waals surface area contributed by atoms with Crippen LogP contribution in [0.1, 0.15) is 16.7 Å². The van der Waals surface area contributed by atoms with Crippen LogP contribution < -0.4 is 10.6 Å². The first kappa shape index (κ1) is 12.4. The summed E-state index contributed by atoms with van der Waals surface area (Å²) >= 11 is 0. The molecule has 0 atom stereocenters. The summed E-state index contributed by atoms with van der Waals surface area (Å²) in [4.78, 5) is 0. The zero-order valence-corrected chi connectivity index (χ0v) is 9.40. The maximum atomic E-state index is 12.0. The van der Waals surface area contributed by atoms with Crippen molar-refractivity contribution in [1.82, 2.24) is 10.6 Å². The van der Waals surface area contributed by atoms with E-state index in [4.69, 9.17) is 0 Å². The lowest BCUT2D eigenvalue weighted by Gasteiger charge is -2.20. The van der Waals surface area contributed by atoms with Crippen molar-refractivity contribution >= 4 is 0 Å². The minimum absolute atomic E-state index is 0.280. The summed E-state index contributed by atoms with van der Waals surface area (Å²) in [5.41, 5.74) is 3.37. The molecule has 0 unspecified atom stereocenters. The highest BCUT2D eigenvalue weighted by atomic mass is 19.4. The van der Waals surface area contributed by atoms with Gasteiger partial charge in [-0.1, -0.05) is 18.2 Å². The summed E-state index contributed by atoms with van der Waals surface area (Å²) in [7, 11) is 0. The molecule has 94 valence electrons. The van der Waals surface area contributed by atoms with E-state index in [-0.39, 0.29) is 6.54 Å². The molecule has 0 saturated heterocycles. The van der Waals surface area contributed by atoms with E-state index in [9.17, 15) is 13.2 Å². The summed E-state index contributed by atoms with van der Waals surface area (Å²) in [5.74, 6) is 0. The molecule has 1 aliphatic rings. The first-order chi connectivity index (χ1) is 8.06. The Balaban J connectivity index is 2.01. The van der Waals surface area contributed by atoms with Crippen LogP contribution in [0.15, 0.2) is 18.2 Å². The van der Waals surface area contributed by atoms with Crippen LogP contribution in [0.3, 0.4) is 0 Å². The van der Waals surface area contributed by atoms with E-state index < -0.39 is 12.7 Å². The number of hydrogen-bond acceptors (Lipinski definition) is 2. The van der Waals surface area contributed by atoms with E-state index in [1.807, 2.05) is 18.2 Å². The molecule has 2 N–H and O–H groups in total. The third-order valence-corrected chi connectivity index (χ3v) is 2.88. The fourth-order valence-electron chi connectivity index (χ4n) is 2.12. The van der Waals surface area contributed by atoms with E-state index in [1.165, 1.54) is 11.1 Å². The number of rotatable bonds is 3. The largest absolute Gasteiger partial charge is 0.401 e. The molecule has 1 aliphatic heterocycles. The van der Waals surface area contributed by atoms with Gasteiger partial charge in [-0.3, -0.25) is 0 Å². The van der Waals surface area contributed by atoms with E-state index in [2.05, 4.69) is 10.6 Å². The van der Waals surface area contributed by atoms with E-state index in [1.54, 1.807) is 0 Å². The summed E-state index contributed by atoms with van der Waals surface area (Å²) < 4.78 is 36.1. The summed E-state index contributed by atoms with van der Waals surface area (Å²) in [6.45, 7) is 1.04. The highest BCUT2D eigenvalue weighted by Gasteiger charge is 2.26. The zero-order chi connectivity index (χ0) is 12.3. The Bertz CT molecular complexity index is 388. The summed E-state index contributed by atoms with van der Waals surface area (Å²) in [6.07, 6.45) is -3.25. The molecule has 5 heteroatoms. The van der Waals surface area contributed by atoms with Crippen LogP contribution in [0.2, 0.25) is 0 Å². The molecule has 0 bridgehead atoms. The molecule has 0 spiro atoms. The highest BCUT2D eigenvalue weighted by molar-refractivity contribution is 5.36. The topological polar surface area (TPSA) is 24.1 Å². The molecule has 1 heterocycles. The Kier molecular flexibility index (Phi) is 3.69. The molecule has 0 radical (unpaired) electrons. The van der Waals surface area contributed by atoms with Crippen molar-refractivity contribution in [3.63, 3.8) is 0 Å². The number of fused-ring (bicyclic) bond motifs is 1. The Morgan fingerprint density at radius 1 is 1.29 bits per heavy atom. The van der Waals surface area contributed by atoms with Crippen molar-refractivity contribution in [2.45, 2.75) is 25.7 Å². The van der Waals surface area contributed by atoms with E-state index in [0.29, 0.717) is 0 Å². The van der Waals surface area contributed by atoms with Crippen LogP contribution >= 0.6 is 0 Å². The average Bonchev–Trinajstić information content (AvgIpc) is 2.28. The van der Waals surface area contributed by atoms with Crippen molar-refractivity contribution in [3.05, 3.63) is 34.9 Å². The molecule has 0 saturated carbocycles. The molecule has 17 heavy (non-hydrogen) atoms. The van der Waals surface area contributed by atoms with Gasteiger partial charge in [-0.2, -0.15) is 13.2 Å². The molecule has 1 aromatic carbocycles. The van der Waals surface area contributed by atoms with Gasteiger partial charge >= 0.3 is 6.18 Å².